The Morgan fingerprint density at radius 2 is 2.05 bits per heavy atom. The first-order chi connectivity index (χ1) is 9.88. The van der Waals surface area contributed by atoms with Crippen LogP contribution < -0.4 is 10.5 Å². The number of ether oxygens (including phenoxy) is 2. The van der Waals surface area contributed by atoms with Gasteiger partial charge in [0.1, 0.15) is 18.5 Å². The van der Waals surface area contributed by atoms with Gasteiger partial charge in [-0.15, -0.1) is 0 Å². The fourth-order valence-electron chi connectivity index (χ4n) is 2.07. The van der Waals surface area contributed by atoms with Gasteiger partial charge in [0.05, 0.1) is 11.6 Å². The molecule has 0 aromatic heterocycles. The molecule has 2 rings (SSSR count). The summed E-state index contributed by atoms with van der Waals surface area (Å²) in [5.41, 5.74) is 4.74. The maximum absolute atomic E-state index is 12.5. The summed E-state index contributed by atoms with van der Waals surface area (Å²) in [7, 11) is 0. The van der Waals surface area contributed by atoms with Crippen molar-refractivity contribution in [1.29, 1.82) is 0 Å². The van der Waals surface area contributed by atoms with Crippen LogP contribution in [-0.2, 0) is 10.9 Å². The molecule has 21 heavy (non-hydrogen) atoms. The van der Waals surface area contributed by atoms with Crippen LogP contribution in [0.1, 0.15) is 25.3 Å². The summed E-state index contributed by atoms with van der Waals surface area (Å²) >= 11 is 0. The molecule has 2 atom stereocenters. The largest absolute Gasteiger partial charge is 0.490 e. The number of hydrogen-bond acceptors (Lipinski definition) is 4. The predicted molar refractivity (Wildman–Crippen MR) is 72.1 cm³/mol. The van der Waals surface area contributed by atoms with Gasteiger partial charge in [0.25, 0.3) is 6.02 Å². The van der Waals surface area contributed by atoms with Crippen molar-refractivity contribution in [3.63, 3.8) is 0 Å². The smallest absolute Gasteiger partial charge is 0.416 e. The third-order valence-electron chi connectivity index (χ3n) is 3.21. The van der Waals surface area contributed by atoms with Crippen molar-refractivity contribution in [2.45, 2.75) is 38.1 Å². The summed E-state index contributed by atoms with van der Waals surface area (Å²) in [6, 6.07) is 4.78. The number of nitrogens with zero attached hydrogens (tertiary/aromatic N) is 1. The molecular formula is C14H17F3N2O2. The third kappa shape index (κ3) is 4.27. The number of amidine groups is 1. The Kier molecular flexibility index (Phi) is 4.59. The zero-order chi connectivity index (χ0) is 15.5. The Bertz CT molecular complexity index is 500. The highest BCUT2D eigenvalue weighted by Crippen LogP contribution is 2.30. The molecule has 116 valence electrons. The first-order valence-corrected chi connectivity index (χ1v) is 6.68. The molecule has 1 aliphatic heterocycles. The van der Waals surface area contributed by atoms with Crippen molar-refractivity contribution in [1.82, 2.24) is 0 Å². The molecule has 0 amide bonds. The first kappa shape index (κ1) is 15.5. The van der Waals surface area contributed by atoms with Crippen molar-refractivity contribution >= 4 is 6.02 Å². The van der Waals surface area contributed by atoms with Crippen LogP contribution in [0.25, 0.3) is 0 Å². The van der Waals surface area contributed by atoms with Gasteiger partial charge >= 0.3 is 6.18 Å². The average Bonchev–Trinajstić information content (AvgIpc) is 2.83. The van der Waals surface area contributed by atoms with E-state index in [2.05, 4.69) is 4.99 Å². The zero-order valence-electron chi connectivity index (χ0n) is 11.6. The Morgan fingerprint density at radius 1 is 1.38 bits per heavy atom. The Hall–Kier alpha value is -1.92. The van der Waals surface area contributed by atoms with Gasteiger partial charge in [-0.3, -0.25) is 0 Å². The second kappa shape index (κ2) is 6.24. The van der Waals surface area contributed by atoms with Crippen molar-refractivity contribution < 1.29 is 22.6 Å². The van der Waals surface area contributed by atoms with Crippen LogP contribution in [0.2, 0.25) is 0 Å². The maximum Gasteiger partial charge on any atom is 0.416 e. The molecule has 1 aliphatic rings. The van der Waals surface area contributed by atoms with E-state index in [1.54, 1.807) is 0 Å². The van der Waals surface area contributed by atoms with Crippen molar-refractivity contribution in [3.05, 3.63) is 29.8 Å². The lowest BCUT2D eigenvalue weighted by atomic mass is 10.1. The third-order valence-corrected chi connectivity index (χ3v) is 3.21. The van der Waals surface area contributed by atoms with Gasteiger partial charge in [0, 0.05) is 6.42 Å². The quantitative estimate of drug-likeness (QED) is 0.909. The summed E-state index contributed by atoms with van der Waals surface area (Å²) < 4.78 is 48.2. The van der Waals surface area contributed by atoms with Crippen LogP contribution in [-0.4, -0.2) is 24.8 Å². The highest BCUT2D eigenvalue weighted by Gasteiger charge is 2.30. The van der Waals surface area contributed by atoms with E-state index in [-0.39, 0.29) is 18.2 Å². The van der Waals surface area contributed by atoms with Crippen LogP contribution in [0.3, 0.4) is 0 Å². The minimum Gasteiger partial charge on any atom is -0.490 e. The minimum atomic E-state index is -4.34. The lowest BCUT2D eigenvalue weighted by Gasteiger charge is -2.19. The second-order valence-corrected chi connectivity index (χ2v) is 4.84. The van der Waals surface area contributed by atoms with E-state index in [0.717, 1.165) is 12.1 Å². The molecule has 1 aromatic rings. The number of rotatable bonds is 5. The van der Waals surface area contributed by atoms with Gasteiger partial charge in [0.15, 0.2) is 0 Å². The van der Waals surface area contributed by atoms with E-state index in [9.17, 15) is 13.2 Å². The molecule has 0 saturated carbocycles. The molecular weight excluding hydrogens is 285 g/mol. The first-order valence-electron chi connectivity index (χ1n) is 6.68. The lowest BCUT2D eigenvalue weighted by Crippen LogP contribution is -2.22. The molecule has 0 radical (unpaired) electrons. The predicted octanol–water partition coefficient (Wildman–Crippen LogP) is 2.97. The van der Waals surface area contributed by atoms with Gasteiger partial charge in [-0.05, 0) is 30.7 Å². The van der Waals surface area contributed by atoms with E-state index < -0.39 is 11.7 Å². The van der Waals surface area contributed by atoms with E-state index >= 15 is 0 Å². The molecule has 7 heteroatoms. The molecule has 4 nitrogen and oxygen atoms in total. The Labute approximate surface area is 120 Å². The number of aliphatic imine (C=N–C) groups is 1. The van der Waals surface area contributed by atoms with Crippen LogP contribution in [0.15, 0.2) is 29.3 Å². The van der Waals surface area contributed by atoms with Gasteiger partial charge in [-0.1, -0.05) is 6.92 Å². The number of alkyl halides is 3. The normalized spacial score (nSPS) is 19.8. The minimum absolute atomic E-state index is 0.0654. The van der Waals surface area contributed by atoms with Crippen LogP contribution in [0, 0.1) is 0 Å². The fraction of sp³-hybridized carbons (Fsp3) is 0.500. The SMILES string of the molecule is CC[C@@H](C[C@H]1COC(N)=N1)Oc1ccc(C(F)(F)F)cc1. The highest BCUT2D eigenvalue weighted by atomic mass is 19.4. The Morgan fingerprint density at radius 3 is 2.52 bits per heavy atom. The molecule has 1 aromatic carbocycles. The fourth-order valence-corrected chi connectivity index (χ4v) is 2.07. The molecule has 0 spiro atoms. The lowest BCUT2D eigenvalue weighted by molar-refractivity contribution is -0.137. The van der Waals surface area contributed by atoms with Crippen molar-refractivity contribution in [3.8, 4) is 5.75 Å². The van der Waals surface area contributed by atoms with E-state index in [1.165, 1.54) is 12.1 Å². The van der Waals surface area contributed by atoms with Gasteiger partial charge in [0.2, 0.25) is 0 Å². The molecule has 2 N–H and O–H groups in total. The molecule has 0 fully saturated rings. The number of benzene rings is 1. The van der Waals surface area contributed by atoms with E-state index in [1.807, 2.05) is 6.92 Å². The summed E-state index contributed by atoms with van der Waals surface area (Å²) in [5, 5.41) is 0. The summed E-state index contributed by atoms with van der Waals surface area (Å²) in [6.07, 6.45) is -3.16. The number of hydrogen-bond donors (Lipinski definition) is 1. The topological polar surface area (TPSA) is 56.8 Å². The number of nitrogens with two attached hydrogens (primary N) is 1. The molecule has 1 heterocycles. The molecule has 0 bridgehead atoms. The maximum atomic E-state index is 12.5. The van der Waals surface area contributed by atoms with Crippen LogP contribution in [0.5, 0.6) is 5.75 Å². The zero-order valence-corrected chi connectivity index (χ0v) is 11.6. The van der Waals surface area contributed by atoms with Gasteiger partial charge in [-0.25, -0.2) is 4.99 Å². The Balaban J connectivity index is 1.95. The van der Waals surface area contributed by atoms with E-state index in [4.69, 9.17) is 15.2 Å². The van der Waals surface area contributed by atoms with Crippen molar-refractivity contribution in [2.75, 3.05) is 6.61 Å². The van der Waals surface area contributed by atoms with Gasteiger partial charge < -0.3 is 15.2 Å². The second-order valence-electron chi connectivity index (χ2n) is 4.84. The van der Waals surface area contributed by atoms with Crippen LogP contribution >= 0.6 is 0 Å². The van der Waals surface area contributed by atoms with Gasteiger partial charge in [-0.2, -0.15) is 13.2 Å². The summed E-state index contributed by atoms with van der Waals surface area (Å²) in [5.74, 6) is 0.408. The molecule has 0 aliphatic carbocycles. The van der Waals surface area contributed by atoms with E-state index in [0.29, 0.717) is 25.2 Å². The molecule has 0 saturated heterocycles. The van der Waals surface area contributed by atoms with Crippen LogP contribution in [0.4, 0.5) is 13.2 Å². The molecule has 0 unspecified atom stereocenters. The summed E-state index contributed by atoms with van der Waals surface area (Å²) in [6.45, 7) is 2.36. The average molecular weight is 302 g/mol. The number of halogens is 3. The highest BCUT2D eigenvalue weighted by molar-refractivity contribution is 5.73. The standard InChI is InChI=1S/C14H17F3N2O2/c1-2-11(7-10-8-20-13(18)19-10)21-12-5-3-9(4-6-12)14(15,16)17/h3-6,10-11H,2,7-8H2,1H3,(H2,18,19)/t10-,11-/m0/s1. The summed E-state index contributed by atoms with van der Waals surface area (Å²) in [4.78, 5) is 4.11. The monoisotopic (exact) mass is 302 g/mol. The van der Waals surface area contributed by atoms with Crippen molar-refractivity contribution in [2.24, 2.45) is 10.7 Å².